The predicted molar refractivity (Wildman–Crippen MR) is 40.9 cm³/mol. The summed E-state index contributed by atoms with van der Waals surface area (Å²) in [6, 6.07) is 0. The Morgan fingerprint density at radius 3 is 2.40 bits per heavy atom. The number of hydrogen-bond acceptors (Lipinski definition) is 2. The highest BCUT2D eigenvalue weighted by Crippen LogP contribution is 1.96. The van der Waals surface area contributed by atoms with Crippen molar-refractivity contribution in [2.24, 2.45) is 0 Å². The van der Waals surface area contributed by atoms with Gasteiger partial charge in [0, 0.05) is 5.57 Å². The molecule has 0 saturated carbocycles. The molecule has 0 fully saturated rings. The van der Waals surface area contributed by atoms with Gasteiger partial charge in [0.25, 0.3) is 0 Å². The topological polar surface area (TPSA) is 26.3 Å². The van der Waals surface area contributed by atoms with Gasteiger partial charge in [0.1, 0.15) is 0 Å². The van der Waals surface area contributed by atoms with Crippen molar-refractivity contribution in [1.29, 1.82) is 0 Å². The first-order valence-corrected chi connectivity index (χ1v) is 3.34. The van der Waals surface area contributed by atoms with E-state index in [0.717, 1.165) is 0 Å². The largest absolute Gasteiger partial charge is 0.374 e. The van der Waals surface area contributed by atoms with E-state index in [1.54, 1.807) is 0 Å². The summed E-state index contributed by atoms with van der Waals surface area (Å²) < 4.78 is 5.14. The maximum absolute atomic E-state index is 10.6. The summed E-state index contributed by atoms with van der Waals surface area (Å²) in [5.41, 5.74) is 0.536. The van der Waals surface area contributed by atoms with Crippen LogP contribution in [-0.2, 0) is 9.53 Å². The van der Waals surface area contributed by atoms with E-state index in [1.807, 2.05) is 13.8 Å². The van der Waals surface area contributed by atoms with Crippen LogP contribution in [-0.4, -0.2) is 18.5 Å². The van der Waals surface area contributed by atoms with Gasteiger partial charge >= 0.3 is 0 Å². The van der Waals surface area contributed by atoms with Crippen LogP contribution in [0.5, 0.6) is 0 Å². The second-order valence-corrected chi connectivity index (χ2v) is 2.52. The fourth-order valence-electron chi connectivity index (χ4n) is 0.369. The molecule has 0 aliphatic heterocycles. The summed E-state index contributed by atoms with van der Waals surface area (Å²) >= 11 is 0. The van der Waals surface area contributed by atoms with Gasteiger partial charge in [0.05, 0.1) is 12.7 Å². The maximum Gasteiger partial charge on any atom is 0.157 e. The first-order valence-electron chi connectivity index (χ1n) is 3.34. The van der Waals surface area contributed by atoms with E-state index in [-0.39, 0.29) is 11.9 Å². The fraction of sp³-hybridized carbons (Fsp3) is 0.625. The average molecular weight is 142 g/mol. The first kappa shape index (κ1) is 9.37. The van der Waals surface area contributed by atoms with Crippen LogP contribution in [0, 0.1) is 0 Å². The molecule has 2 nitrogen and oxygen atoms in total. The molecule has 2 heteroatoms. The number of ether oxygens (including phenoxy) is 1. The highest BCUT2D eigenvalue weighted by atomic mass is 16.5. The SMILES string of the molecule is C=C(COC(C)C)C(C)=O. The van der Waals surface area contributed by atoms with Crippen molar-refractivity contribution in [3.8, 4) is 0 Å². The normalized spacial score (nSPS) is 10.0. The van der Waals surface area contributed by atoms with Crippen molar-refractivity contribution in [1.82, 2.24) is 0 Å². The molecule has 0 atom stereocenters. The molecule has 0 spiro atoms. The van der Waals surface area contributed by atoms with E-state index in [9.17, 15) is 4.79 Å². The number of ketones is 1. The molecule has 0 radical (unpaired) electrons. The molecule has 0 amide bonds. The fourth-order valence-corrected chi connectivity index (χ4v) is 0.369. The van der Waals surface area contributed by atoms with Crippen LogP contribution >= 0.6 is 0 Å². The van der Waals surface area contributed by atoms with Gasteiger partial charge in [-0.05, 0) is 20.8 Å². The van der Waals surface area contributed by atoms with Crippen LogP contribution in [0.2, 0.25) is 0 Å². The number of Topliss-reactive ketones (excluding diaryl/α,β-unsaturated/α-hetero) is 1. The number of carbonyl (C=O) groups is 1. The maximum atomic E-state index is 10.6. The monoisotopic (exact) mass is 142 g/mol. The van der Waals surface area contributed by atoms with Crippen molar-refractivity contribution in [3.63, 3.8) is 0 Å². The average Bonchev–Trinajstić information content (AvgIpc) is 1.82. The van der Waals surface area contributed by atoms with E-state index >= 15 is 0 Å². The summed E-state index contributed by atoms with van der Waals surface area (Å²) in [6.45, 7) is 9.25. The smallest absolute Gasteiger partial charge is 0.157 e. The lowest BCUT2D eigenvalue weighted by atomic mass is 10.2. The Bertz CT molecular complexity index is 136. The Balaban J connectivity index is 3.50. The Kier molecular flexibility index (Phi) is 3.96. The molecule has 10 heavy (non-hydrogen) atoms. The zero-order chi connectivity index (χ0) is 8.15. The summed E-state index contributed by atoms with van der Waals surface area (Å²) in [6.07, 6.45) is 0.163. The molecular weight excluding hydrogens is 128 g/mol. The molecule has 58 valence electrons. The Morgan fingerprint density at radius 1 is 1.60 bits per heavy atom. The molecule has 0 aliphatic rings. The lowest BCUT2D eigenvalue weighted by Gasteiger charge is -2.06. The minimum absolute atomic E-state index is 0.000602. The second kappa shape index (κ2) is 4.23. The van der Waals surface area contributed by atoms with Gasteiger partial charge in [0.2, 0.25) is 0 Å². The van der Waals surface area contributed by atoms with Gasteiger partial charge in [-0.3, -0.25) is 4.79 Å². The highest BCUT2D eigenvalue weighted by Gasteiger charge is 2.00. The second-order valence-electron chi connectivity index (χ2n) is 2.52. The van der Waals surface area contributed by atoms with Crippen LogP contribution in [0.1, 0.15) is 20.8 Å². The molecule has 0 rings (SSSR count). The van der Waals surface area contributed by atoms with Crippen molar-refractivity contribution in [2.45, 2.75) is 26.9 Å². The minimum atomic E-state index is 0.000602. The molecule has 0 N–H and O–H groups in total. The molecule has 0 saturated heterocycles. The molecular formula is C8H14O2. The summed E-state index contributed by atoms with van der Waals surface area (Å²) in [5.74, 6) is 0.000602. The molecule has 0 aromatic heterocycles. The van der Waals surface area contributed by atoms with Gasteiger partial charge in [-0.25, -0.2) is 0 Å². The number of hydrogen-bond donors (Lipinski definition) is 0. The molecule has 0 heterocycles. The van der Waals surface area contributed by atoms with E-state index in [0.29, 0.717) is 12.2 Å². The predicted octanol–water partition coefficient (Wildman–Crippen LogP) is 1.56. The molecule has 0 aliphatic carbocycles. The minimum Gasteiger partial charge on any atom is -0.374 e. The van der Waals surface area contributed by atoms with E-state index < -0.39 is 0 Å². The van der Waals surface area contributed by atoms with Gasteiger partial charge in [-0.1, -0.05) is 6.58 Å². The molecule has 0 aromatic carbocycles. The van der Waals surface area contributed by atoms with Crippen LogP contribution < -0.4 is 0 Å². The van der Waals surface area contributed by atoms with Crippen molar-refractivity contribution in [3.05, 3.63) is 12.2 Å². The Labute approximate surface area is 61.9 Å². The van der Waals surface area contributed by atoms with Gasteiger partial charge in [-0.15, -0.1) is 0 Å². The lowest BCUT2D eigenvalue weighted by molar-refractivity contribution is -0.114. The Hall–Kier alpha value is -0.630. The zero-order valence-electron chi connectivity index (χ0n) is 6.81. The number of carbonyl (C=O) groups excluding carboxylic acids is 1. The van der Waals surface area contributed by atoms with Crippen LogP contribution in [0.4, 0.5) is 0 Å². The van der Waals surface area contributed by atoms with Crippen molar-refractivity contribution in [2.75, 3.05) is 6.61 Å². The standard InChI is InChI=1S/C8H14O2/c1-6(2)10-5-7(3)8(4)9/h6H,3,5H2,1-2,4H3. The van der Waals surface area contributed by atoms with Crippen molar-refractivity contribution < 1.29 is 9.53 Å². The summed E-state index contributed by atoms with van der Waals surface area (Å²) in [7, 11) is 0. The van der Waals surface area contributed by atoms with Gasteiger partial charge in [-0.2, -0.15) is 0 Å². The van der Waals surface area contributed by atoms with Gasteiger partial charge in [0.15, 0.2) is 5.78 Å². The molecule has 0 aromatic rings. The summed E-state index contributed by atoms with van der Waals surface area (Å²) in [5, 5.41) is 0. The van der Waals surface area contributed by atoms with E-state index in [4.69, 9.17) is 4.74 Å². The van der Waals surface area contributed by atoms with Crippen molar-refractivity contribution >= 4 is 5.78 Å². The van der Waals surface area contributed by atoms with E-state index in [2.05, 4.69) is 6.58 Å². The lowest BCUT2D eigenvalue weighted by Crippen LogP contribution is -2.09. The third-order valence-electron chi connectivity index (χ3n) is 1.09. The third kappa shape index (κ3) is 4.27. The van der Waals surface area contributed by atoms with E-state index in [1.165, 1.54) is 6.92 Å². The Morgan fingerprint density at radius 2 is 2.10 bits per heavy atom. The summed E-state index contributed by atoms with van der Waals surface area (Å²) in [4.78, 5) is 10.6. The van der Waals surface area contributed by atoms with Gasteiger partial charge < -0.3 is 4.74 Å². The van der Waals surface area contributed by atoms with Crippen LogP contribution in [0.25, 0.3) is 0 Å². The van der Waals surface area contributed by atoms with Crippen LogP contribution in [0.15, 0.2) is 12.2 Å². The van der Waals surface area contributed by atoms with Crippen LogP contribution in [0.3, 0.4) is 0 Å². The quantitative estimate of drug-likeness (QED) is 0.557. The highest BCUT2D eigenvalue weighted by molar-refractivity contribution is 5.92. The first-order chi connectivity index (χ1) is 4.54. The number of rotatable bonds is 4. The molecule has 0 bridgehead atoms. The third-order valence-corrected chi connectivity index (χ3v) is 1.09. The zero-order valence-corrected chi connectivity index (χ0v) is 6.81. The molecule has 0 unspecified atom stereocenters.